The monoisotopic (exact) mass is 331 g/mol. The number of carbonyl (C=O) groups excluding carboxylic acids is 1. The SMILES string of the molecule is CN=C(NCc1ccc(NC(=O)OC)cc1)NCc1ncnn1C. The molecule has 1 aromatic heterocycles. The topological polar surface area (TPSA) is 105 Å². The summed E-state index contributed by atoms with van der Waals surface area (Å²) < 4.78 is 6.25. The Kier molecular flexibility index (Phi) is 6.12. The van der Waals surface area contributed by atoms with Crippen LogP contribution in [0.2, 0.25) is 0 Å². The zero-order valence-electron chi connectivity index (χ0n) is 13.9. The lowest BCUT2D eigenvalue weighted by Gasteiger charge is -2.12. The van der Waals surface area contributed by atoms with Gasteiger partial charge in [-0.3, -0.25) is 15.0 Å². The number of carbonyl (C=O) groups is 1. The number of hydrogen-bond acceptors (Lipinski definition) is 5. The Morgan fingerprint density at radius 3 is 2.54 bits per heavy atom. The molecule has 0 unspecified atom stereocenters. The first kappa shape index (κ1) is 17.3. The van der Waals surface area contributed by atoms with Crippen molar-refractivity contribution in [3.63, 3.8) is 0 Å². The zero-order chi connectivity index (χ0) is 17.4. The van der Waals surface area contributed by atoms with Crippen LogP contribution in [-0.2, 0) is 24.9 Å². The van der Waals surface area contributed by atoms with Gasteiger partial charge in [0.05, 0.1) is 13.7 Å². The van der Waals surface area contributed by atoms with Crippen molar-refractivity contribution < 1.29 is 9.53 Å². The van der Waals surface area contributed by atoms with Crippen LogP contribution in [-0.4, -0.2) is 41.0 Å². The summed E-state index contributed by atoms with van der Waals surface area (Å²) in [6, 6.07) is 7.44. The van der Waals surface area contributed by atoms with E-state index in [9.17, 15) is 4.79 Å². The molecule has 128 valence electrons. The molecule has 0 atom stereocenters. The van der Waals surface area contributed by atoms with Crippen molar-refractivity contribution in [1.29, 1.82) is 0 Å². The maximum absolute atomic E-state index is 11.1. The summed E-state index contributed by atoms with van der Waals surface area (Å²) >= 11 is 0. The molecule has 0 saturated heterocycles. The second-order valence-electron chi connectivity index (χ2n) is 4.89. The van der Waals surface area contributed by atoms with Crippen LogP contribution in [0.25, 0.3) is 0 Å². The molecule has 1 amide bonds. The minimum Gasteiger partial charge on any atom is -0.453 e. The molecule has 2 rings (SSSR count). The van der Waals surface area contributed by atoms with Gasteiger partial charge in [0.25, 0.3) is 0 Å². The minimum atomic E-state index is -0.491. The molecule has 0 fully saturated rings. The van der Waals surface area contributed by atoms with Gasteiger partial charge in [-0.15, -0.1) is 0 Å². The lowest BCUT2D eigenvalue weighted by Crippen LogP contribution is -2.36. The summed E-state index contributed by atoms with van der Waals surface area (Å²) in [5.41, 5.74) is 1.72. The fourth-order valence-electron chi connectivity index (χ4n) is 1.92. The lowest BCUT2D eigenvalue weighted by molar-refractivity contribution is 0.187. The second kappa shape index (κ2) is 8.51. The molecule has 0 aliphatic heterocycles. The largest absolute Gasteiger partial charge is 0.453 e. The molecule has 0 radical (unpaired) electrons. The predicted octanol–water partition coefficient (Wildman–Crippen LogP) is 0.859. The highest BCUT2D eigenvalue weighted by molar-refractivity contribution is 5.84. The van der Waals surface area contributed by atoms with Gasteiger partial charge in [-0.1, -0.05) is 12.1 Å². The number of hydrogen-bond donors (Lipinski definition) is 3. The third-order valence-electron chi connectivity index (χ3n) is 3.29. The second-order valence-corrected chi connectivity index (χ2v) is 4.89. The Labute approximate surface area is 140 Å². The molecule has 1 aromatic carbocycles. The van der Waals surface area contributed by atoms with Gasteiger partial charge in [0, 0.05) is 26.3 Å². The molecular weight excluding hydrogens is 310 g/mol. The standard InChI is InChI=1S/C15H21N7O2/c1-16-14(18-9-13-19-10-20-22(13)2)17-8-11-4-6-12(7-5-11)21-15(23)24-3/h4-7,10H,8-9H2,1-3H3,(H,21,23)(H2,16,17,18). The van der Waals surface area contributed by atoms with Crippen molar-refractivity contribution in [3.8, 4) is 0 Å². The maximum atomic E-state index is 11.1. The van der Waals surface area contributed by atoms with Gasteiger partial charge in [-0.05, 0) is 17.7 Å². The number of methoxy groups -OCH3 is 1. The van der Waals surface area contributed by atoms with Crippen LogP contribution in [0.15, 0.2) is 35.6 Å². The molecular formula is C15H21N7O2. The number of nitrogens with one attached hydrogen (secondary N) is 3. The van der Waals surface area contributed by atoms with E-state index in [-0.39, 0.29) is 0 Å². The number of rotatable bonds is 5. The van der Waals surface area contributed by atoms with Gasteiger partial charge < -0.3 is 15.4 Å². The van der Waals surface area contributed by atoms with Gasteiger partial charge >= 0.3 is 6.09 Å². The number of amides is 1. The summed E-state index contributed by atoms with van der Waals surface area (Å²) in [6.45, 7) is 1.12. The van der Waals surface area contributed by atoms with Crippen LogP contribution in [0, 0.1) is 0 Å². The molecule has 0 aliphatic carbocycles. The molecule has 9 heteroatoms. The molecule has 1 heterocycles. The molecule has 3 N–H and O–H groups in total. The molecule has 2 aromatic rings. The van der Waals surface area contributed by atoms with Crippen LogP contribution >= 0.6 is 0 Å². The zero-order valence-corrected chi connectivity index (χ0v) is 13.9. The van der Waals surface area contributed by atoms with E-state index < -0.39 is 6.09 Å². The van der Waals surface area contributed by atoms with E-state index in [0.717, 1.165) is 11.4 Å². The van der Waals surface area contributed by atoms with E-state index in [1.54, 1.807) is 11.7 Å². The number of aryl methyl sites for hydroxylation is 1. The van der Waals surface area contributed by atoms with E-state index >= 15 is 0 Å². The normalized spacial score (nSPS) is 11.0. The van der Waals surface area contributed by atoms with E-state index in [2.05, 4.69) is 35.8 Å². The molecule has 0 aliphatic rings. The van der Waals surface area contributed by atoms with Crippen molar-refractivity contribution in [1.82, 2.24) is 25.4 Å². The number of aliphatic imine (C=N–C) groups is 1. The van der Waals surface area contributed by atoms with Gasteiger partial charge in [-0.25, -0.2) is 9.78 Å². The van der Waals surface area contributed by atoms with E-state index in [1.165, 1.54) is 13.4 Å². The van der Waals surface area contributed by atoms with Gasteiger partial charge in [0.15, 0.2) is 5.96 Å². The summed E-state index contributed by atoms with van der Waals surface area (Å²) in [5.74, 6) is 1.48. The highest BCUT2D eigenvalue weighted by Gasteiger charge is 2.04. The average Bonchev–Trinajstić information content (AvgIpc) is 3.01. The third-order valence-corrected chi connectivity index (χ3v) is 3.29. The summed E-state index contributed by atoms with van der Waals surface area (Å²) in [7, 11) is 4.87. The summed E-state index contributed by atoms with van der Waals surface area (Å²) in [6.07, 6.45) is 1.02. The van der Waals surface area contributed by atoms with Crippen LogP contribution in [0.3, 0.4) is 0 Å². The van der Waals surface area contributed by atoms with Crippen molar-refractivity contribution in [2.45, 2.75) is 13.1 Å². The van der Waals surface area contributed by atoms with Crippen LogP contribution in [0.4, 0.5) is 10.5 Å². The van der Waals surface area contributed by atoms with E-state index in [0.29, 0.717) is 24.7 Å². The first-order chi connectivity index (χ1) is 11.6. The number of nitrogens with zero attached hydrogens (tertiary/aromatic N) is 4. The Morgan fingerprint density at radius 2 is 1.96 bits per heavy atom. The number of anilines is 1. The van der Waals surface area contributed by atoms with Gasteiger partial charge in [0.2, 0.25) is 0 Å². The van der Waals surface area contributed by atoms with Crippen molar-refractivity contribution in [2.75, 3.05) is 19.5 Å². The number of benzene rings is 1. The number of ether oxygens (including phenoxy) is 1. The van der Waals surface area contributed by atoms with Crippen LogP contribution in [0.1, 0.15) is 11.4 Å². The first-order valence-electron chi connectivity index (χ1n) is 7.33. The molecule has 24 heavy (non-hydrogen) atoms. The third kappa shape index (κ3) is 4.97. The molecule has 0 spiro atoms. The van der Waals surface area contributed by atoms with Crippen molar-refractivity contribution in [3.05, 3.63) is 42.0 Å². The maximum Gasteiger partial charge on any atom is 0.411 e. The van der Waals surface area contributed by atoms with Crippen molar-refractivity contribution >= 4 is 17.7 Å². The predicted molar refractivity (Wildman–Crippen MR) is 90.5 cm³/mol. The quantitative estimate of drug-likeness (QED) is 0.554. The van der Waals surface area contributed by atoms with E-state index in [1.807, 2.05) is 31.3 Å². The van der Waals surface area contributed by atoms with Gasteiger partial charge in [0.1, 0.15) is 12.2 Å². The lowest BCUT2D eigenvalue weighted by atomic mass is 10.2. The fraction of sp³-hybridized carbons (Fsp3) is 0.333. The van der Waals surface area contributed by atoms with Gasteiger partial charge in [-0.2, -0.15) is 5.10 Å². The van der Waals surface area contributed by atoms with Crippen LogP contribution < -0.4 is 16.0 Å². The summed E-state index contributed by atoms with van der Waals surface area (Å²) in [5, 5.41) is 13.0. The van der Waals surface area contributed by atoms with Crippen LogP contribution in [0.5, 0.6) is 0 Å². The summed E-state index contributed by atoms with van der Waals surface area (Å²) in [4.78, 5) is 19.4. The Hall–Kier alpha value is -3.10. The minimum absolute atomic E-state index is 0.491. The van der Waals surface area contributed by atoms with Crippen molar-refractivity contribution in [2.24, 2.45) is 12.0 Å². The van der Waals surface area contributed by atoms with E-state index in [4.69, 9.17) is 0 Å². The first-order valence-corrected chi connectivity index (χ1v) is 7.33. The number of guanidine groups is 1. The Balaban J connectivity index is 1.82. The molecule has 0 saturated carbocycles. The molecule has 9 nitrogen and oxygen atoms in total. The average molecular weight is 331 g/mol. The Morgan fingerprint density at radius 1 is 1.25 bits per heavy atom. The fourth-order valence-corrected chi connectivity index (χ4v) is 1.92. The smallest absolute Gasteiger partial charge is 0.411 e. The molecule has 0 bridgehead atoms. The Bertz CT molecular complexity index is 694. The highest BCUT2D eigenvalue weighted by Crippen LogP contribution is 2.09. The number of aromatic nitrogens is 3. The highest BCUT2D eigenvalue weighted by atomic mass is 16.5.